The van der Waals surface area contributed by atoms with Crippen molar-refractivity contribution in [2.75, 3.05) is 79.3 Å². The predicted molar refractivity (Wildman–Crippen MR) is 223 cm³/mol. The molecule has 0 aliphatic heterocycles. The molecule has 0 aromatic heterocycles. The Labute approximate surface area is 346 Å². The molecule has 53 heavy (non-hydrogen) atoms. The van der Waals surface area contributed by atoms with Gasteiger partial charge in [0, 0.05) is 19.5 Å². The molecule has 0 fully saturated rings. The molecule has 0 saturated carbocycles. The van der Waals surface area contributed by atoms with Gasteiger partial charge in [0.05, 0.1) is 79.3 Å². The third-order valence-electron chi connectivity index (χ3n) is 4.81. The van der Waals surface area contributed by atoms with Crippen LogP contribution in [0.15, 0.2) is 0 Å². The Balaban J connectivity index is -0.000000192. The van der Waals surface area contributed by atoms with Crippen molar-refractivity contribution < 1.29 is 73.8 Å². The van der Waals surface area contributed by atoms with E-state index in [2.05, 4.69) is 83.1 Å². The summed E-state index contributed by atoms with van der Waals surface area (Å²) in [5.74, 6) is 0. The molecule has 0 heterocycles. The average molecular weight is 934 g/mol. The number of hydrogen-bond acceptors (Lipinski definition) is 12. The van der Waals surface area contributed by atoms with Gasteiger partial charge in [-0.3, -0.25) is 0 Å². The topological polar surface area (TPSA) is 111 Å². The molecule has 0 spiro atoms. The van der Waals surface area contributed by atoms with Crippen LogP contribution < -0.4 is 0 Å². The van der Waals surface area contributed by atoms with E-state index in [0.717, 1.165) is 156 Å². The fraction of sp³-hybridized carbons (Fsp3) is 1.00. The van der Waals surface area contributed by atoms with E-state index in [-0.39, 0.29) is 19.5 Å². The van der Waals surface area contributed by atoms with Gasteiger partial charge in [0.15, 0.2) is 0 Å². The van der Waals surface area contributed by atoms with Crippen molar-refractivity contribution in [1.82, 2.24) is 0 Å². The van der Waals surface area contributed by atoms with Gasteiger partial charge < -0.3 is 54.3 Å². The van der Waals surface area contributed by atoms with Gasteiger partial charge in [-0.2, -0.15) is 0 Å². The molecule has 0 atom stereocenters. The van der Waals surface area contributed by atoms with Crippen LogP contribution in [0.25, 0.3) is 0 Å². The molecule has 328 valence electrons. The third kappa shape index (κ3) is 58.3. The van der Waals surface area contributed by atoms with Gasteiger partial charge in [-0.15, -0.1) is 0 Å². The fourth-order valence-electron chi connectivity index (χ4n) is 2.44. The van der Waals surface area contributed by atoms with Crippen molar-refractivity contribution in [3.63, 3.8) is 0 Å². The smallest absolute Gasteiger partial charge is 0.312 e. The summed E-state index contributed by atoms with van der Waals surface area (Å²) in [5.41, 5.74) is 0. The number of rotatable bonds is 36. The molecule has 0 amide bonds. The summed E-state index contributed by atoms with van der Waals surface area (Å²) in [7, 11) is -4.31. The van der Waals surface area contributed by atoms with Crippen LogP contribution in [0.2, 0.25) is 0 Å². The van der Waals surface area contributed by atoms with E-state index >= 15 is 0 Å². The van der Waals surface area contributed by atoms with Crippen LogP contribution >= 0.6 is 34.4 Å². The van der Waals surface area contributed by atoms with Crippen LogP contribution in [0.5, 0.6) is 0 Å². The summed E-state index contributed by atoms with van der Waals surface area (Å²) in [6.45, 7) is 33.6. The maximum atomic E-state index is 5.42. The van der Waals surface area contributed by atoms with Gasteiger partial charge in [-0.25, -0.2) is 0 Å². The third-order valence-corrected chi connectivity index (χ3v) is 9.53. The van der Waals surface area contributed by atoms with E-state index < -0.39 is 34.4 Å². The Morgan fingerprint density at radius 3 is 0.321 bits per heavy atom. The van der Waals surface area contributed by atoms with Crippen molar-refractivity contribution in [3.05, 3.63) is 0 Å². The zero-order chi connectivity index (χ0) is 39.8. The van der Waals surface area contributed by atoms with Gasteiger partial charge in [0.25, 0.3) is 0 Å². The van der Waals surface area contributed by atoms with Gasteiger partial charge in [0.2, 0.25) is 0 Å². The summed E-state index contributed by atoms with van der Waals surface area (Å²) in [4.78, 5) is 0. The van der Waals surface area contributed by atoms with Gasteiger partial charge in [-0.05, 0) is 77.0 Å². The summed E-state index contributed by atoms with van der Waals surface area (Å²) in [6, 6.07) is 0. The summed E-state index contributed by atoms with van der Waals surface area (Å²) >= 11 is 0. The Hall–Kier alpha value is 1.86. The second-order valence-electron chi connectivity index (χ2n) is 10.9. The minimum Gasteiger partial charge on any atom is -0.312 e. The molecule has 0 aromatic carbocycles. The molecule has 0 aliphatic rings. The van der Waals surface area contributed by atoms with Crippen LogP contribution in [-0.2, 0) is 73.8 Å². The van der Waals surface area contributed by atoms with Gasteiger partial charge >= 0.3 is 34.4 Å². The molecule has 17 heteroatoms. The van der Waals surface area contributed by atoms with Crippen molar-refractivity contribution in [1.29, 1.82) is 0 Å². The van der Waals surface area contributed by atoms with Crippen LogP contribution in [0.3, 0.4) is 0 Å². The van der Waals surface area contributed by atoms with Crippen LogP contribution in [0.1, 0.15) is 160 Å². The zero-order valence-electron chi connectivity index (χ0n) is 36.0. The average Bonchev–Trinajstić information content (AvgIpc) is 3.17. The molecule has 0 saturated heterocycles. The number of hydrogen-bond donors (Lipinski definition) is 0. The first kappa shape index (κ1) is 64.0. The fourth-order valence-corrected chi connectivity index (χ4v) is 7.31. The van der Waals surface area contributed by atoms with E-state index in [1.165, 1.54) is 0 Å². The van der Waals surface area contributed by atoms with E-state index in [4.69, 9.17) is 54.3 Å². The van der Waals surface area contributed by atoms with Crippen LogP contribution in [0.4, 0.5) is 0 Å². The molecule has 0 radical (unpaired) electrons. The van der Waals surface area contributed by atoms with E-state index in [1.54, 1.807) is 0 Å². The van der Waals surface area contributed by atoms with Crippen molar-refractivity contribution in [2.24, 2.45) is 0 Å². The Morgan fingerprint density at radius 2 is 0.264 bits per heavy atom. The van der Waals surface area contributed by atoms with E-state index in [9.17, 15) is 0 Å². The van der Waals surface area contributed by atoms with Crippen molar-refractivity contribution >= 4 is 34.4 Å². The first-order valence-corrected chi connectivity index (χ1v) is 24.5. The molecule has 0 aromatic rings. The SMILES string of the molecule is CCCOP(OCCC)OCCC.CCCOP(OCCC)OCCC.CCCOP(OCCC)OCCC.CCCOP(OCCC)OCCC.[Ru]. The maximum absolute atomic E-state index is 5.42. The zero-order valence-corrected chi connectivity index (χ0v) is 41.3. The molecular weight excluding hydrogens is 849 g/mol. The summed E-state index contributed by atoms with van der Waals surface area (Å²) < 4.78 is 65.0. The van der Waals surface area contributed by atoms with E-state index in [1.807, 2.05) is 0 Å². The molecule has 0 unspecified atom stereocenters. The summed E-state index contributed by atoms with van der Waals surface area (Å²) in [6.07, 6.45) is 12.0. The van der Waals surface area contributed by atoms with Crippen LogP contribution in [0, 0.1) is 0 Å². The summed E-state index contributed by atoms with van der Waals surface area (Å²) in [5, 5.41) is 0. The Bertz CT molecular complexity index is 431. The maximum Gasteiger partial charge on any atom is 0.332 e. The quantitative estimate of drug-likeness (QED) is 0.0440. The monoisotopic (exact) mass is 934 g/mol. The largest absolute Gasteiger partial charge is 0.332 e. The minimum absolute atomic E-state index is 0. The van der Waals surface area contributed by atoms with Crippen molar-refractivity contribution in [3.8, 4) is 0 Å². The van der Waals surface area contributed by atoms with E-state index in [0.29, 0.717) is 0 Å². The normalized spacial score (nSPS) is 10.9. The Morgan fingerprint density at radius 1 is 0.189 bits per heavy atom. The minimum atomic E-state index is -1.08. The molecule has 0 bridgehead atoms. The Kier molecular flexibility index (Phi) is 73.1. The first-order valence-electron chi connectivity index (χ1n) is 20.1. The second kappa shape index (κ2) is 60.5. The molecule has 12 nitrogen and oxygen atoms in total. The molecular formula is C36H84O12P4Ru. The predicted octanol–water partition coefficient (Wildman–Crippen LogP) is 14.0. The van der Waals surface area contributed by atoms with Gasteiger partial charge in [0.1, 0.15) is 0 Å². The standard InChI is InChI=1S/4C9H21O3P.Ru/c4*1-4-7-10-13(11-8-5-2)12-9-6-3;/h4*4-9H2,1-3H3;. The van der Waals surface area contributed by atoms with Crippen LogP contribution in [-0.4, -0.2) is 79.3 Å². The second-order valence-corrected chi connectivity index (χ2v) is 15.8. The van der Waals surface area contributed by atoms with Gasteiger partial charge in [-0.1, -0.05) is 83.1 Å². The molecule has 0 N–H and O–H groups in total. The molecule has 0 rings (SSSR count). The first-order chi connectivity index (χ1) is 25.4. The van der Waals surface area contributed by atoms with Crippen molar-refractivity contribution in [2.45, 2.75) is 160 Å². The molecule has 0 aliphatic carbocycles.